The molecule has 0 radical (unpaired) electrons. The van der Waals surface area contributed by atoms with E-state index in [2.05, 4.69) is 4.98 Å². The average Bonchev–Trinajstić information content (AvgIpc) is 3.10. The highest BCUT2D eigenvalue weighted by Gasteiger charge is 2.16. The monoisotopic (exact) mass is 350 g/mol. The number of carboxylic acid groups (broad SMARTS) is 1. The van der Waals surface area contributed by atoms with E-state index < -0.39 is 5.97 Å². The third kappa shape index (κ3) is 4.69. The molecule has 1 heterocycles. The fourth-order valence-electron chi connectivity index (χ4n) is 1.97. The van der Waals surface area contributed by atoms with Gasteiger partial charge in [0, 0.05) is 24.5 Å². The third-order valence-corrected chi connectivity index (χ3v) is 3.91. The number of thiazole rings is 1. The van der Waals surface area contributed by atoms with Crippen molar-refractivity contribution in [2.24, 2.45) is 0 Å². The number of carboxylic acids is 1. The van der Waals surface area contributed by atoms with E-state index in [0.717, 1.165) is 5.69 Å². The Hall–Kier alpha value is -2.61. The molecule has 0 aliphatic heterocycles. The molecule has 7 nitrogen and oxygen atoms in total. The molecule has 0 saturated heterocycles. The minimum Gasteiger partial charge on any atom is -0.493 e. The summed E-state index contributed by atoms with van der Waals surface area (Å²) in [6.45, 7) is 0.449. The van der Waals surface area contributed by atoms with Gasteiger partial charge in [0.25, 0.3) is 5.91 Å². The maximum atomic E-state index is 12.3. The van der Waals surface area contributed by atoms with Gasteiger partial charge in [-0.1, -0.05) is 0 Å². The van der Waals surface area contributed by atoms with Crippen LogP contribution in [0.5, 0.6) is 11.5 Å². The van der Waals surface area contributed by atoms with E-state index in [1.165, 1.54) is 23.3 Å². The number of aromatic nitrogens is 1. The van der Waals surface area contributed by atoms with E-state index in [1.807, 2.05) is 5.38 Å². The van der Waals surface area contributed by atoms with E-state index >= 15 is 0 Å². The summed E-state index contributed by atoms with van der Waals surface area (Å²) in [4.78, 5) is 28.4. The van der Waals surface area contributed by atoms with Gasteiger partial charge in [-0.25, -0.2) is 4.98 Å². The second-order valence-corrected chi connectivity index (χ2v) is 5.72. The Bertz CT molecular complexity index is 702. The van der Waals surface area contributed by atoms with E-state index in [0.29, 0.717) is 23.7 Å². The quantitative estimate of drug-likeness (QED) is 0.786. The topological polar surface area (TPSA) is 89.0 Å². The number of hydrogen-bond acceptors (Lipinski definition) is 6. The highest BCUT2D eigenvalue weighted by Crippen LogP contribution is 2.29. The summed E-state index contributed by atoms with van der Waals surface area (Å²) in [5.74, 6) is -0.281. The van der Waals surface area contributed by atoms with Gasteiger partial charge in [-0.15, -0.1) is 11.3 Å². The molecule has 0 bridgehead atoms. The first-order chi connectivity index (χ1) is 11.5. The summed E-state index contributed by atoms with van der Waals surface area (Å²) in [5.41, 5.74) is 2.95. The maximum Gasteiger partial charge on any atom is 0.305 e. The maximum absolute atomic E-state index is 12.3. The second kappa shape index (κ2) is 8.30. The summed E-state index contributed by atoms with van der Waals surface area (Å²) in [5, 5.41) is 10.6. The van der Waals surface area contributed by atoms with Gasteiger partial charge in [0.15, 0.2) is 11.5 Å². The van der Waals surface area contributed by atoms with Crippen LogP contribution in [0.3, 0.4) is 0 Å². The number of hydrogen-bond donors (Lipinski definition) is 1. The van der Waals surface area contributed by atoms with Crippen molar-refractivity contribution in [3.63, 3.8) is 0 Å². The Labute approximate surface area is 143 Å². The van der Waals surface area contributed by atoms with Crippen LogP contribution in [0, 0.1) is 0 Å². The SMILES string of the molecule is COc1cc(C(=O)N(C)CCC(=O)O)ccc1OCc1cscn1. The molecule has 0 aliphatic rings. The van der Waals surface area contributed by atoms with E-state index in [4.69, 9.17) is 14.6 Å². The lowest BCUT2D eigenvalue weighted by Crippen LogP contribution is -2.29. The molecule has 8 heteroatoms. The smallest absolute Gasteiger partial charge is 0.305 e. The fourth-order valence-corrected chi connectivity index (χ4v) is 2.51. The Kier molecular flexibility index (Phi) is 6.14. The van der Waals surface area contributed by atoms with Crippen LogP contribution in [0.1, 0.15) is 22.5 Å². The first-order valence-corrected chi connectivity index (χ1v) is 8.10. The van der Waals surface area contributed by atoms with E-state index in [-0.39, 0.29) is 18.9 Å². The molecule has 128 valence electrons. The van der Waals surface area contributed by atoms with Crippen LogP contribution in [0.25, 0.3) is 0 Å². The lowest BCUT2D eigenvalue weighted by Gasteiger charge is -2.17. The Morgan fingerprint density at radius 1 is 1.33 bits per heavy atom. The number of aliphatic carboxylic acids is 1. The summed E-state index contributed by atoms with van der Waals surface area (Å²) < 4.78 is 10.9. The normalized spacial score (nSPS) is 10.2. The van der Waals surface area contributed by atoms with Gasteiger partial charge < -0.3 is 19.5 Å². The van der Waals surface area contributed by atoms with Gasteiger partial charge in [0.05, 0.1) is 24.7 Å². The van der Waals surface area contributed by atoms with Gasteiger partial charge in [-0.05, 0) is 18.2 Å². The Morgan fingerprint density at radius 3 is 2.75 bits per heavy atom. The number of ether oxygens (including phenoxy) is 2. The lowest BCUT2D eigenvalue weighted by atomic mass is 10.1. The molecule has 1 aromatic heterocycles. The molecule has 24 heavy (non-hydrogen) atoms. The number of benzene rings is 1. The molecule has 1 aromatic carbocycles. The third-order valence-electron chi connectivity index (χ3n) is 3.28. The molecule has 0 unspecified atom stereocenters. The van der Waals surface area contributed by atoms with Gasteiger partial charge in [-0.2, -0.15) is 0 Å². The van der Waals surface area contributed by atoms with Gasteiger partial charge in [0.1, 0.15) is 6.61 Å². The van der Waals surface area contributed by atoms with Crippen LogP contribution >= 0.6 is 11.3 Å². The zero-order chi connectivity index (χ0) is 17.5. The predicted octanol–water partition coefficient (Wildman–Crippen LogP) is 2.28. The van der Waals surface area contributed by atoms with Crippen molar-refractivity contribution < 1.29 is 24.2 Å². The molecule has 0 saturated carbocycles. The highest BCUT2D eigenvalue weighted by atomic mass is 32.1. The van der Waals surface area contributed by atoms with Crippen molar-refractivity contribution in [3.8, 4) is 11.5 Å². The molecule has 2 aromatic rings. The summed E-state index contributed by atoms with van der Waals surface area (Å²) in [7, 11) is 3.05. The van der Waals surface area contributed by atoms with Gasteiger partial charge >= 0.3 is 5.97 Å². The molecular weight excluding hydrogens is 332 g/mol. The van der Waals surface area contributed by atoms with E-state index in [1.54, 1.807) is 30.8 Å². The molecule has 0 atom stereocenters. The van der Waals surface area contributed by atoms with Crippen LogP contribution in [0.2, 0.25) is 0 Å². The molecule has 0 fully saturated rings. The molecule has 0 spiro atoms. The summed E-state index contributed by atoms with van der Waals surface area (Å²) >= 11 is 1.49. The molecule has 2 rings (SSSR count). The van der Waals surface area contributed by atoms with Crippen LogP contribution in [-0.2, 0) is 11.4 Å². The van der Waals surface area contributed by atoms with Crippen molar-refractivity contribution in [1.29, 1.82) is 0 Å². The Morgan fingerprint density at radius 2 is 2.12 bits per heavy atom. The van der Waals surface area contributed by atoms with Crippen LogP contribution < -0.4 is 9.47 Å². The predicted molar refractivity (Wildman–Crippen MR) is 88.7 cm³/mol. The van der Waals surface area contributed by atoms with Crippen molar-refractivity contribution in [3.05, 3.63) is 40.3 Å². The largest absolute Gasteiger partial charge is 0.493 e. The van der Waals surface area contributed by atoms with Crippen LogP contribution in [0.15, 0.2) is 29.1 Å². The zero-order valence-electron chi connectivity index (χ0n) is 13.4. The summed E-state index contributed by atoms with van der Waals surface area (Å²) in [6.07, 6.45) is -0.103. The number of amides is 1. The average molecular weight is 350 g/mol. The lowest BCUT2D eigenvalue weighted by molar-refractivity contribution is -0.137. The molecule has 0 aliphatic carbocycles. The van der Waals surface area contributed by atoms with E-state index in [9.17, 15) is 9.59 Å². The van der Waals surface area contributed by atoms with Gasteiger partial charge in [0.2, 0.25) is 0 Å². The molecule has 1 N–H and O–H groups in total. The fraction of sp³-hybridized carbons (Fsp3) is 0.312. The van der Waals surface area contributed by atoms with Crippen LogP contribution in [-0.4, -0.2) is 47.6 Å². The second-order valence-electron chi connectivity index (χ2n) is 5.00. The van der Waals surface area contributed by atoms with Crippen molar-refractivity contribution in [2.45, 2.75) is 13.0 Å². The number of methoxy groups -OCH3 is 1. The van der Waals surface area contributed by atoms with Crippen molar-refractivity contribution in [1.82, 2.24) is 9.88 Å². The first-order valence-electron chi connectivity index (χ1n) is 7.16. The minimum atomic E-state index is -0.946. The highest BCUT2D eigenvalue weighted by molar-refractivity contribution is 7.07. The molecular formula is C16H18N2O5S. The number of carbonyl (C=O) groups is 2. The van der Waals surface area contributed by atoms with Crippen molar-refractivity contribution >= 4 is 23.2 Å². The number of carbonyl (C=O) groups excluding carboxylic acids is 1. The standard InChI is InChI=1S/C16H18N2O5S/c1-18(6-5-15(19)20)16(21)11-3-4-13(14(7-11)22-2)23-8-12-9-24-10-17-12/h3-4,7,9-10H,5-6,8H2,1-2H3,(H,19,20). The Balaban J connectivity index is 2.06. The minimum absolute atomic E-state index is 0.103. The van der Waals surface area contributed by atoms with Crippen molar-refractivity contribution in [2.75, 3.05) is 20.7 Å². The first kappa shape index (κ1) is 17.7. The number of nitrogens with zero attached hydrogens (tertiary/aromatic N) is 2. The van der Waals surface area contributed by atoms with Gasteiger partial charge in [-0.3, -0.25) is 9.59 Å². The molecule has 1 amide bonds. The number of rotatable bonds is 8. The summed E-state index contributed by atoms with van der Waals surface area (Å²) in [6, 6.07) is 4.86. The zero-order valence-corrected chi connectivity index (χ0v) is 14.2. The van der Waals surface area contributed by atoms with Crippen LogP contribution in [0.4, 0.5) is 0 Å².